The molecule has 3 heteroatoms. The number of aromatic nitrogens is 2. The molecule has 1 saturated carbocycles. The van der Waals surface area contributed by atoms with Crippen LogP contribution in [-0.4, -0.2) is 15.6 Å². The van der Waals surface area contributed by atoms with E-state index < -0.39 is 0 Å². The first-order valence-electron chi connectivity index (χ1n) is 5.85. The molecule has 1 aliphatic carbocycles. The van der Waals surface area contributed by atoms with Gasteiger partial charge in [-0.25, -0.2) is 0 Å². The third kappa shape index (κ3) is 2.46. The van der Waals surface area contributed by atoms with Crippen molar-refractivity contribution >= 4 is 5.78 Å². The van der Waals surface area contributed by atoms with E-state index in [4.69, 9.17) is 0 Å². The minimum atomic E-state index is 0.265. The lowest BCUT2D eigenvalue weighted by molar-refractivity contribution is 0.0962. The average molecular weight is 206 g/mol. The molecule has 2 rings (SSSR count). The van der Waals surface area contributed by atoms with Gasteiger partial charge in [-0.3, -0.25) is 9.48 Å². The highest BCUT2D eigenvalue weighted by Gasteiger charge is 2.19. The number of carbonyl (C=O) groups excluding carboxylic acids is 1. The van der Waals surface area contributed by atoms with Gasteiger partial charge in [-0.1, -0.05) is 25.7 Å². The maximum absolute atomic E-state index is 11.9. The van der Waals surface area contributed by atoms with Gasteiger partial charge >= 0.3 is 0 Å². The molecule has 1 aliphatic rings. The minimum Gasteiger partial charge on any atom is -0.294 e. The molecule has 3 nitrogen and oxygen atoms in total. The Kier molecular flexibility index (Phi) is 3.19. The summed E-state index contributed by atoms with van der Waals surface area (Å²) in [5.74, 6) is 0.893. The quantitative estimate of drug-likeness (QED) is 0.710. The summed E-state index contributed by atoms with van der Waals surface area (Å²) in [6.45, 7) is 2.86. The molecule has 1 fully saturated rings. The molecule has 0 aromatic carbocycles. The van der Waals surface area contributed by atoms with E-state index in [2.05, 4.69) is 5.10 Å². The van der Waals surface area contributed by atoms with Gasteiger partial charge in [-0.2, -0.15) is 5.10 Å². The first kappa shape index (κ1) is 10.4. The van der Waals surface area contributed by atoms with E-state index >= 15 is 0 Å². The molecule has 0 atom stereocenters. The van der Waals surface area contributed by atoms with Gasteiger partial charge < -0.3 is 0 Å². The summed E-state index contributed by atoms with van der Waals surface area (Å²) >= 11 is 0. The molecule has 15 heavy (non-hydrogen) atoms. The van der Waals surface area contributed by atoms with Crippen molar-refractivity contribution in [2.75, 3.05) is 0 Å². The van der Waals surface area contributed by atoms with E-state index in [-0.39, 0.29) is 5.78 Å². The number of hydrogen-bond acceptors (Lipinski definition) is 2. The van der Waals surface area contributed by atoms with Crippen LogP contribution >= 0.6 is 0 Å². The highest BCUT2D eigenvalue weighted by molar-refractivity contribution is 5.95. The lowest BCUT2D eigenvalue weighted by Gasteiger charge is -2.05. The standard InChI is InChI=1S/C12H18N2O/c1-2-14-9-11(8-13-14)12(15)7-10-5-3-4-6-10/h8-10H,2-7H2,1H3. The maximum atomic E-state index is 11.9. The monoisotopic (exact) mass is 206 g/mol. The summed E-state index contributed by atoms with van der Waals surface area (Å²) in [5.41, 5.74) is 0.781. The largest absolute Gasteiger partial charge is 0.294 e. The highest BCUT2D eigenvalue weighted by atomic mass is 16.1. The normalized spacial score (nSPS) is 17.1. The summed E-state index contributed by atoms with van der Waals surface area (Å²) in [6.07, 6.45) is 9.33. The van der Waals surface area contributed by atoms with Crippen LogP contribution in [0.5, 0.6) is 0 Å². The van der Waals surface area contributed by atoms with E-state index in [9.17, 15) is 4.79 Å². The van der Waals surface area contributed by atoms with Crippen LogP contribution in [0.1, 0.15) is 49.4 Å². The fraction of sp³-hybridized carbons (Fsp3) is 0.667. The molecule has 0 amide bonds. The molecule has 1 heterocycles. The van der Waals surface area contributed by atoms with Crippen LogP contribution in [0.3, 0.4) is 0 Å². The maximum Gasteiger partial charge on any atom is 0.166 e. The Labute approximate surface area is 90.5 Å². The Hall–Kier alpha value is -1.12. The summed E-state index contributed by atoms with van der Waals surface area (Å²) in [4.78, 5) is 11.9. The molecule has 0 saturated heterocycles. The van der Waals surface area contributed by atoms with Crippen LogP contribution in [0.2, 0.25) is 0 Å². The zero-order valence-electron chi connectivity index (χ0n) is 9.28. The van der Waals surface area contributed by atoms with Gasteiger partial charge in [0, 0.05) is 19.2 Å². The van der Waals surface area contributed by atoms with Crippen molar-refractivity contribution in [3.8, 4) is 0 Å². The van der Waals surface area contributed by atoms with E-state index in [0.29, 0.717) is 5.92 Å². The van der Waals surface area contributed by atoms with Crippen molar-refractivity contribution in [3.05, 3.63) is 18.0 Å². The summed E-state index contributed by atoms with van der Waals surface area (Å²) in [7, 11) is 0. The molecular weight excluding hydrogens is 188 g/mol. The lowest BCUT2D eigenvalue weighted by Crippen LogP contribution is -2.05. The van der Waals surface area contributed by atoms with Gasteiger partial charge in [0.15, 0.2) is 5.78 Å². The lowest BCUT2D eigenvalue weighted by atomic mass is 9.99. The van der Waals surface area contributed by atoms with Crippen molar-refractivity contribution in [1.29, 1.82) is 0 Å². The van der Waals surface area contributed by atoms with Crippen molar-refractivity contribution in [1.82, 2.24) is 9.78 Å². The van der Waals surface area contributed by atoms with Crippen LogP contribution in [0, 0.1) is 5.92 Å². The predicted octanol–water partition coefficient (Wildman–Crippen LogP) is 2.67. The van der Waals surface area contributed by atoms with Crippen LogP contribution in [0.25, 0.3) is 0 Å². The SMILES string of the molecule is CCn1cc(C(=O)CC2CCCC2)cn1. The smallest absolute Gasteiger partial charge is 0.166 e. The van der Waals surface area contributed by atoms with E-state index in [0.717, 1.165) is 18.5 Å². The molecule has 0 aliphatic heterocycles. The Morgan fingerprint density at radius 3 is 2.87 bits per heavy atom. The first-order valence-corrected chi connectivity index (χ1v) is 5.85. The van der Waals surface area contributed by atoms with Gasteiger partial charge in [0.25, 0.3) is 0 Å². The fourth-order valence-corrected chi connectivity index (χ4v) is 2.28. The third-order valence-corrected chi connectivity index (χ3v) is 3.23. The topological polar surface area (TPSA) is 34.9 Å². The van der Waals surface area contributed by atoms with E-state index in [1.807, 2.05) is 17.8 Å². The molecular formula is C12H18N2O. The van der Waals surface area contributed by atoms with Crippen molar-refractivity contribution in [3.63, 3.8) is 0 Å². The zero-order valence-corrected chi connectivity index (χ0v) is 9.28. The summed E-state index contributed by atoms with van der Waals surface area (Å²) < 4.78 is 1.81. The van der Waals surface area contributed by atoms with Crippen LogP contribution in [-0.2, 0) is 6.54 Å². The van der Waals surface area contributed by atoms with Gasteiger partial charge in [0.05, 0.1) is 11.8 Å². The number of Topliss-reactive ketones (excluding diaryl/α,β-unsaturated/α-hetero) is 1. The molecule has 1 aromatic heterocycles. The Bertz CT molecular complexity index is 337. The van der Waals surface area contributed by atoms with Gasteiger partial charge in [-0.15, -0.1) is 0 Å². The zero-order chi connectivity index (χ0) is 10.7. The highest BCUT2D eigenvalue weighted by Crippen LogP contribution is 2.28. The number of carbonyl (C=O) groups is 1. The van der Waals surface area contributed by atoms with Crippen LogP contribution in [0.15, 0.2) is 12.4 Å². The van der Waals surface area contributed by atoms with Crippen molar-refractivity contribution in [2.24, 2.45) is 5.92 Å². The van der Waals surface area contributed by atoms with E-state index in [1.54, 1.807) is 6.20 Å². The molecule has 82 valence electrons. The summed E-state index contributed by atoms with van der Waals surface area (Å²) in [6, 6.07) is 0. The molecule has 0 N–H and O–H groups in total. The summed E-state index contributed by atoms with van der Waals surface area (Å²) in [5, 5.41) is 4.13. The molecule has 1 aromatic rings. The molecule has 0 spiro atoms. The number of rotatable bonds is 4. The van der Waals surface area contributed by atoms with Gasteiger partial charge in [0.1, 0.15) is 0 Å². The number of ketones is 1. The Balaban J connectivity index is 1.94. The molecule has 0 unspecified atom stereocenters. The second kappa shape index (κ2) is 4.60. The van der Waals surface area contributed by atoms with E-state index in [1.165, 1.54) is 25.7 Å². The number of hydrogen-bond donors (Lipinski definition) is 0. The van der Waals surface area contributed by atoms with Crippen molar-refractivity contribution < 1.29 is 4.79 Å². The fourth-order valence-electron chi connectivity index (χ4n) is 2.28. The van der Waals surface area contributed by atoms with Crippen molar-refractivity contribution in [2.45, 2.75) is 45.6 Å². The van der Waals surface area contributed by atoms with Crippen LogP contribution < -0.4 is 0 Å². The first-order chi connectivity index (χ1) is 7.29. The Morgan fingerprint density at radius 1 is 1.53 bits per heavy atom. The average Bonchev–Trinajstić information content (AvgIpc) is 2.86. The van der Waals surface area contributed by atoms with Gasteiger partial charge in [-0.05, 0) is 12.8 Å². The predicted molar refractivity (Wildman–Crippen MR) is 58.8 cm³/mol. The van der Waals surface area contributed by atoms with Crippen LogP contribution in [0.4, 0.5) is 0 Å². The third-order valence-electron chi connectivity index (χ3n) is 3.23. The number of nitrogens with zero attached hydrogens (tertiary/aromatic N) is 2. The second-order valence-corrected chi connectivity index (χ2v) is 4.36. The van der Waals surface area contributed by atoms with Gasteiger partial charge in [0.2, 0.25) is 0 Å². The molecule has 0 radical (unpaired) electrons. The second-order valence-electron chi connectivity index (χ2n) is 4.36. The number of aryl methyl sites for hydroxylation is 1. The Morgan fingerprint density at radius 2 is 2.27 bits per heavy atom. The minimum absolute atomic E-state index is 0.265. The molecule has 0 bridgehead atoms.